The summed E-state index contributed by atoms with van der Waals surface area (Å²) in [5.74, 6) is -1.33. The highest BCUT2D eigenvalue weighted by Gasteiger charge is 2.39. The molecule has 9 nitrogen and oxygen atoms in total. The molecule has 0 radical (unpaired) electrons. The van der Waals surface area contributed by atoms with Gasteiger partial charge in [-0.05, 0) is 61.3 Å². The number of nitrogens with one attached hydrogen (secondary N) is 3. The van der Waals surface area contributed by atoms with Gasteiger partial charge < -0.3 is 25.8 Å². The highest BCUT2D eigenvalue weighted by molar-refractivity contribution is 5.94. The summed E-state index contributed by atoms with van der Waals surface area (Å²) in [5, 5.41) is 19.6. The number of fused-ring (bicyclic) bond motifs is 10. The van der Waals surface area contributed by atoms with Crippen LogP contribution in [-0.2, 0) is 20.8 Å². The zero-order valence-corrected chi connectivity index (χ0v) is 24.9. The molecule has 4 N–H and O–H groups in total. The summed E-state index contributed by atoms with van der Waals surface area (Å²) < 4.78 is 6.35. The van der Waals surface area contributed by atoms with Gasteiger partial charge in [-0.3, -0.25) is 19.3 Å². The topological polar surface area (TPSA) is 120 Å². The first-order valence-electron chi connectivity index (χ1n) is 14.4. The molecule has 3 amide bonds. The van der Waals surface area contributed by atoms with E-state index in [4.69, 9.17) is 4.74 Å². The first kappa shape index (κ1) is 31.5. The third-order valence-electron chi connectivity index (χ3n) is 7.45. The maximum absolute atomic E-state index is 14.1. The third kappa shape index (κ3) is 8.30. The fraction of sp³-hybridized carbons (Fsp3) is 0.324. The molecule has 0 aromatic heterocycles. The maximum atomic E-state index is 14.1. The summed E-state index contributed by atoms with van der Waals surface area (Å²) in [6.07, 6.45) is 1.44. The molecule has 226 valence electrons. The quantitative estimate of drug-likeness (QED) is 0.323. The number of aliphatic hydroxyl groups excluding tert-OH is 1. The summed E-state index contributed by atoms with van der Waals surface area (Å²) in [7, 11) is 3.62. The smallest absolute Gasteiger partial charge is 0.249 e. The van der Waals surface area contributed by atoms with Gasteiger partial charge in [-0.2, -0.15) is 0 Å². The number of carbonyl (C=O) groups is 3. The van der Waals surface area contributed by atoms with Crippen LogP contribution in [0.5, 0.6) is 5.75 Å². The van der Waals surface area contributed by atoms with E-state index in [-0.39, 0.29) is 11.8 Å². The number of rotatable bonds is 8. The van der Waals surface area contributed by atoms with Gasteiger partial charge in [0.25, 0.3) is 0 Å². The van der Waals surface area contributed by atoms with Gasteiger partial charge in [0.2, 0.25) is 17.7 Å². The number of benzene rings is 3. The number of ether oxygens (including phenoxy) is 1. The van der Waals surface area contributed by atoms with Gasteiger partial charge in [0.15, 0.2) is 0 Å². The molecule has 0 saturated heterocycles. The lowest BCUT2D eigenvalue weighted by molar-refractivity contribution is -0.137. The minimum Gasteiger partial charge on any atom is -0.487 e. The minimum absolute atomic E-state index is 0.221. The molecule has 5 atom stereocenters. The Bertz CT molecular complexity index is 1390. The van der Waals surface area contributed by atoms with E-state index in [9.17, 15) is 19.5 Å². The predicted octanol–water partition coefficient (Wildman–Crippen LogP) is 3.07. The number of amides is 3. The molecule has 0 aliphatic carbocycles. The average molecular weight is 585 g/mol. The molecule has 5 rings (SSSR count). The summed E-state index contributed by atoms with van der Waals surface area (Å²) in [4.78, 5) is 43.1. The van der Waals surface area contributed by atoms with Crippen LogP contribution in [0.25, 0.3) is 6.08 Å². The SMILES string of the molecule is CC(C)C1Oc2ccc(cc2)/C=C/NC(=O)C(C(O)c2ccccc2)NC(=O)C1NC(=O)C(Cc1ccccc1)N(C)C. The number of aliphatic hydroxyl groups is 1. The van der Waals surface area contributed by atoms with Crippen molar-refractivity contribution in [3.05, 3.63) is 108 Å². The largest absolute Gasteiger partial charge is 0.487 e. The van der Waals surface area contributed by atoms with Gasteiger partial charge in [-0.25, -0.2) is 0 Å². The van der Waals surface area contributed by atoms with E-state index < -0.39 is 42.1 Å². The molecular formula is C34H40N4O5. The van der Waals surface area contributed by atoms with Crippen LogP contribution in [0.3, 0.4) is 0 Å². The Morgan fingerprint density at radius 3 is 2.16 bits per heavy atom. The lowest BCUT2D eigenvalue weighted by Crippen LogP contribution is -2.62. The van der Waals surface area contributed by atoms with Gasteiger partial charge >= 0.3 is 0 Å². The Morgan fingerprint density at radius 2 is 1.56 bits per heavy atom. The van der Waals surface area contributed by atoms with E-state index in [2.05, 4.69) is 16.0 Å². The second-order valence-corrected chi connectivity index (χ2v) is 11.2. The molecule has 3 aromatic rings. The molecule has 0 saturated carbocycles. The van der Waals surface area contributed by atoms with Crippen molar-refractivity contribution in [3.8, 4) is 5.75 Å². The van der Waals surface area contributed by atoms with Crippen LogP contribution in [0.1, 0.15) is 36.6 Å². The fourth-order valence-electron chi connectivity index (χ4n) is 4.98. The van der Waals surface area contributed by atoms with Crippen molar-refractivity contribution in [2.45, 2.75) is 50.6 Å². The van der Waals surface area contributed by atoms with Crippen LogP contribution in [0.4, 0.5) is 0 Å². The molecule has 0 fully saturated rings. The fourth-order valence-corrected chi connectivity index (χ4v) is 4.98. The maximum Gasteiger partial charge on any atom is 0.249 e. The Labute approximate surface area is 252 Å². The Hall–Kier alpha value is -4.47. The van der Waals surface area contributed by atoms with E-state index in [0.29, 0.717) is 17.7 Å². The van der Waals surface area contributed by atoms with E-state index >= 15 is 0 Å². The van der Waals surface area contributed by atoms with Crippen molar-refractivity contribution in [2.24, 2.45) is 5.92 Å². The lowest BCUT2D eigenvalue weighted by Gasteiger charge is -2.34. The summed E-state index contributed by atoms with van der Waals surface area (Å²) >= 11 is 0. The lowest BCUT2D eigenvalue weighted by atomic mass is 9.95. The molecule has 3 aromatic carbocycles. The zero-order chi connectivity index (χ0) is 30.9. The Kier molecular flexibility index (Phi) is 10.7. The number of hydrogen-bond acceptors (Lipinski definition) is 6. The van der Waals surface area contributed by atoms with Gasteiger partial charge in [0, 0.05) is 6.20 Å². The van der Waals surface area contributed by atoms with Crippen molar-refractivity contribution in [3.63, 3.8) is 0 Å². The van der Waals surface area contributed by atoms with Crippen LogP contribution in [0.2, 0.25) is 0 Å². The molecule has 9 heteroatoms. The molecule has 43 heavy (non-hydrogen) atoms. The molecule has 2 aliphatic heterocycles. The van der Waals surface area contributed by atoms with Gasteiger partial charge in [0.05, 0.1) is 6.04 Å². The summed E-state index contributed by atoms with van der Waals surface area (Å²) in [6.45, 7) is 3.79. The van der Waals surface area contributed by atoms with Gasteiger partial charge in [-0.15, -0.1) is 0 Å². The van der Waals surface area contributed by atoms with Crippen LogP contribution in [-0.4, -0.2) is 66.1 Å². The number of carbonyl (C=O) groups excluding carboxylic acids is 3. The standard InChI is InChI=1S/C34H40N4O5/c1-22(2)31-29(37-32(40)27(38(3)4)21-24-11-7-5-8-12-24)34(42)36-28(30(39)25-13-9-6-10-14-25)33(41)35-20-19-23-15-17-26(43-31)18-16-23/h5-20,22,27-31,39H,21H2,1-4H3,(H,35,41)(H,36,42)(H,37,40)/b20-19+. The monoisotopic (exact) mass is 584 g/mol. The van der Waals surface area contributed by atoms with E-state index in [1.807, 2.05) is 70.4 Å². The van der Waals surface area contributed by atoms with Crippen molar-refractivity contribution in [2.75, 3.05) is 14.1 Å². The van der Waals surface area contributed by atoms with Crippen LogP contribution in [0.15, 0.2) is 91.1 Å². The second kappa shape index (κ2) is 14.6. The number of hydrogen-bond donors (Lipinski definition) is 4. The van der Waals surface area contributed by atoms with Crippen LogP contribution in [0, 0.1) is 5.92 Å². The highest BCUT2D eigenvalue weighted by Crippen LogP contribution is 2.22. The van der Waals surface area contributed by atoms with Crippen molar-refractivity contribution in [1.82, 2.24) is 20.9 Å². The summed E-state index contributed by atoms with van der Waals surface area (Å²) in [5.41, 5.74) is 2.24. The predicted molar refractivity (Wildman–Crippen MR) is 166 cm³/mol. The molecular weight excluding hydrogens is 544 g/mol. The Morgan fingerprint density at radius 1 is 0.930 bits per heavy atom. The minimum atomic E-state index is -1.36. The second-order valence-electron chi connectivity index (χ2n) is 11.2. The van der Waals surface area contributed by atoms with E-state index in [0.717, 1.165) is 11.1 Å². The first-order chi connectivity index (χ1) is 20.6. The average Bonchev–Trinajstić information content (AvgIpc) is 3.00. The zero-order valence-electron chi connectivity index (χ0n) is 24.9. The number of nitrogens with zero attached hydrogens (tertiary/aromatic N) is 1. The molecule has 0 spiro atoms. The number of likely N-dealkylation sites (N-methyl/N-ethyl adjacent to an activating group) is 1. The van der Waals surface area contributed by atoms with Crippen LogP contribution < -0.4 is 20.7 Å². The first-order valence-corrected chi connectivity index (χ1v) is 14.4. The molecule has 2 aliphatic rings. The molecule has 2 heterocycles. The Balaban J connectivity index is 1.72. The van der Waals surface area contributed by atoms with Crippen molar-refractivity contribution < 1.29 is 24.2 Å². The third-order valence-corrected chi connectivity index (χ3v) is 7.45. The summed E-state index contributed by atoms with van der Waals surface area (Å²) in [6, 6.07) is 22.3. The van der Waals surface area contributed by atoms with E-state index in [1.54, 1.807) is 53.4 Å². The van der Waals surface area contributed by atoms with Gasteiger partial charge in [-0.1, -0.05) is 86.6 Å². The van der Waals surface area contributed by atoms with Crippen LogP contribution >= 0.6 is 0 Å². The normalized spacial score (nSPS) is 21.2. The van der Waals surface area contributed by atoms with Gasteiger partial charge in [0.1, 0.15) is 30.0 Å². The molecule has 2 bridgehead atoms. The molecule has 5 unspecified atom stereocenters. The highest BCUT2D eigenvalue weighted by atomic mass is 16.5. The van der Waals surface area contributed by atoms with E-state index in [1.165, 1.54) is 6.20 Å². The van der Waals surface area contributed by atoms with Crippen molar-refractivity contribution in [1.29, 1.82) is 0 Å². The van der Waals surface area contributed by atoms with Crippen molar-refractivity contribution >= 4 is 23.8 Å².